The Balaban J connectivity index is 1.43. The highest BCUT2D eigenvalue weighted by Crippen LogP contribution is 2.39. The molecule has 2 aliphatic rings. The van der Waals surface area contributed by atoms with Crippen molar-refractivity contribution in [1.82, 2.24) is 9.88 Å². The molecule has 0 spiro atoms. The summed E-state index contributed by atoms with van der Waals surface area (Å²) in [4.78, 5) is 18.4. The Morgan fingerprint density at radius 1 is 1.23 bits per heavy atom. The number of thioether (sulfide) groups is 1. The fraction of sp³-hybridized carbons (Fsp3) is 0.400. The predicted octanol–water partition coefficient (Wildman–Crippen LogP) is 4.98. The normalized spacial score (nSPS) is 18.5. The maximum absolute atomic E-state index is 12.8. The molecule has 0 radical (unpaired) electrons. The van der Waals surface area contributed by atoms with Gasteiger partial charge in [0.25, 0.3) is 0 Å². The van der Waals surface area contributed by atoms with Crippen molar-refractivity contribution in [2.75, 3.05) is 25.5 Å². The number of halogens is 4. The average Bonchev–Trinajstić information content (AvgIpc) is 3.21. The molecule has 160 valence electrons. The van der Waals surface area contributed by atoms with Crippen LogP contribution in [0.25, 0.3) is 0 Å². The number of alkyl halides is 3. The standard InChI is InChI=1S/C20H18ClF3N2O3S/c21-14-9-13(20(22,23)24)10-25-19(14)30-11-18(27)26-5-1-2-15(26)12-3-4-16-17(8-12)29-7-6-28-16/h3-4,8-10,15H,1-2,5-7,11H2/t15-/m0/s1. The van der Waals surface area contributed by atoms with E-state index in [0.717, 1.165) is 42.4 Å². The van der Waals surface area contributed by atoms with Gasteiger partial charge >= 0.3 is 6.18 Å². The molecule has 10 heteroatoms. The van der Waals surface area contributed by atoms with Crippen molar-refractivity contribution in [2.24, 2.45) is 0 Å². The monoisotopic (exact) mass is 458 g/mol. The molecule has 1 atom stereocenters. The summed E-state index contributed by atoms with van der Waals surface area (Å²) in [6.07, 6.45) is -2.08. The number of hydrogen-bond donors (Lipinski definition) is 0. The number of fused-ring (bicyclic) bond motifs is 1. The molecule has 4 rings (SSSR count). The first kappa shape index (κ1) is 21.1. The molecule has 5 nitrogen and oxygen atoms in total. The molecule has 1 saturated heterocycles. The van der Waals surface area contributed by atoms with E-state index in [0.29, 0.717) is 31.3 Å². The molecular weight excluding hydrogens is 441 g/mol. The quantitative estimate of drug-likeness (QED) is 0.605. The maximum atomic E-state index is 12.8. The van der Waals surface area contributed by atoms with Gasteiger partial charge in [0.2, 0.25) is 5.91 Å². The van der Waals surface area contributed by atoms with Gasteiger partial charge in [-0.2, -0.15) is 13.2 Å². The zero-order chi connectivity index (χ0) is 21.3. The summed E-state index contributed by atoms with van der Waals surface area (Å²) >= 11 is 6.97. The first-order valence-electron chi connectivity index (χ1n) is 9.37. The number of rotatable bonds is 4. The topological polar surface area (TPSA) is 51.7 Å². The molecule has 0 saturated carbocycles. The Bertz CT molecular complexity index is 957. The van der Waals surface area contributed by atoms with E-state index in [-0.39, 0.29) is 27.8 Å². The van der Waals surface area contributed by atoms with Crippen molar-refractivity contribution < 1.29 is 27.4 Å². The van der Waals surface area contributed by atoms with Crippen LogP contribution in [0.2, 0.25) is 5.02 Å². The lowest BCUT2D eigenvalue weighted by Gasteiger charge is -2.26. The molecule has 2 aromatic rings. The molecule has 1 aromatic heterocycles. The number of hydrogen-bond acceptors (Lipinski definition) is 5. The molecule has 0 aliphatic carbocycles. The summed E-state index contributed by atoms with van der Waals surface area (Å²) < 4.78 is 49.4. The number of amides is 1. The minimum absolute atomic E-state index is 0.0408. The number of likely N-dealkylation sites (tertiary alicyclic amines) is 1. The van der Waals surface area contributed by atoms with Crippen LogP contribution in [0.1, 0.15) is 30.0 Å². The minimum atomic E-state index is -4.51. The summed E-state index contributed by atoms with van der Waals surface area (Å²) in [5.41, 5.74) is 0.0576. The number of aromatic nitrogens is 1. The van der Waals surface area contributed by atoms with Gasteiger partial charge in [0.05, 0.1) is 22.4 Å². The SMILES string of the molecule is O=C(CSc1ncc(C(F)(F)F)cc1Cl)N1CCC[C@H]1c1ccc2c(c1)OCCO2. The van der Waals surface area contributed by atoms with Crippen LogP contribution < -0.4 is 9.47 Å². The second-order valence-electron chi connectivity index (χ2n) is 6.95. The van der Waals surface area contributed by atoms with Crippen LogP contribution >= 0.6 is 23.4 Å². The Hall–Kier alpha value is -2.13. The van der Waals surface area contributed by atoms with Gasteiger partial charge in [0.1, 0.15) is 18.2 Å². The maximum Gasteiger partial charge on any atom is 0.417 e. The van der Waals surface area contributed by atoms with Gasteiger partial charge < -0.3 is 14.4 Å². The molecule has 3 heterocycles. The third kappa shape index (κ3) is 4.46. The molecule has 0 unspecified atom stereocenters. The van der Waals surface area contributed by atoms with Crippen LogP contribution in [0.15, 0.2) is 35.5 Å². The van der Waals surface area contributed by atoms with Crippen molar-refractivity contribution in [1.29, 1.82) is 0 Å². The fourth-order valence-electron chi connectivity index (χ4n) is 3.58. The smallest absolute Gasteiger partial charge is 0.417 e. The van der Waals surface area contributed by atoms with Crippen LogP contribution in [0.3, 0.4) is 0 Å². The van der Waals surface area contributed by atoms with Crippen molar-refractivity contribution in [3.63, 3.8) is 0 Å². The number of ether oxygens (including phenoxy) is 2. The largest absolute Gasteiger partial charge is 0.486 e. The number of pyridine rings is 1. The van der Waals surface area contributed by atoms with Crippen molar-refractivity contribution in [2.45, 2.75) is 30.1 Å². The number of carbonyl (C=O) groups excluding carboxylic acids is 1. The third-order valence-electron chi connectivity index (χ3n) is 4.99. The van der Waals surface area contributed by atoms with E-state index in [4.69, 9.17) is 21.1 Å². The van der Waals surface area contributed by atoms with E-state index >= 15 is 0 Å². The van der Waals surface area contributed by atoms with E-state index in [9.17, 15) is 18.0 Å². The van der Waals surface area contributed by atoms with E-state index in [1.807, 2.05) is 18.2 Å². The molecular formula is C20H18ClF3N2O3S. The van der Waals surface area contributed by atoms with Gasteiger partial charge in [-0.3, -0.25) is 4.79 Å². The molecule has 0 bridgehead atoms. The predicted molar refractivity (Wildman–Crippen MR) is 106 cm³/mol. The lowest BCUT2D eigenvalue weighted by Crippen LogP contribution is -2.32. The van der Waals surface area contributed by atoms with Crippen LogP contribution in [0.5, 0.6) is 11.5 Å². The average molecular weight is 459 g/mol. The highest BCUT2D eigenvalue weighted by atomic mass is 35.5. The summed E-state index contributed by atoms with van der Waals surface area (Å²) in [7, 11) is 0. The highest BCUT2D eigenvalue weighted by Gasteiger charge is 2.33. The summed E-state index contributed by atoms with van der Waals surface area (Å²) in [6, 6.07) is 6.45. The molecule has 2 aliphatic heterocycles. The van der Waals surface area contributed by atoms with Gasteiger partial charge in [0.15, 0.2) is 11.5 Å². The summed E-state index contributed by atoms with van der Waals surface area (Å²) in [5, 5.41) is 0.0838. The Kier molecular flexibility index (Phi) is 6.02. The van der Waals surface area contributed by atoms with E-state index in [1.54, 1.807) is 4.90 Å². The van der Waals surface area contributed by atoms with Crippen LogP contribution in [0.4, 0.5) is 13.2 Å². The second kappa shape index (κ2) is 8.55. The number of benzene rings is 1. The lowest BCUT2D eigenvalue weighted by molar-refractivity contribution is -0.138. The van der Waals surface area contributed by atoms with Gasteiger partial charge in [-0.1, -0.05) is 29.4 Å². The third-order valence-corrected chi connectivity index (χ3v) is 6.38. The van der Waals surface area contributed by atoms with E-state index < -0.39 is 11.7 Å². The van der Waals surface area contributed by atoms with E-state index in [2.05, 4.69) is 4.98 Å². The molecule has 1 fully saturated rings. The van der Waals surface area contributed by atoms with Gasteiger partial charge in [-0.15, -0.1) is 0 Å². The zero-order valence-corrected chi connectivity index (χ0v) is 17.3. The molecule has 0 N–H and O–H groups in total. The van der Waals surface area contributed by atoms with Crippen LogP contribution in [-0.2, 0) is 11.0 Å². The van der Waals surface area contributed by atoms with Crippen molar-refractivity contribution in [3.05, 3.63) is 46.6 Å². The van der Waals surface area contributed by atoms with Crippen molar-refractivity contribution >= 4 is 29.3 Å². The fourth-order valence-corrected chi connectivity index (χ4v) is 4.66. The van der Waals surface area contributed by atoms with Crippen molar-refractivity contribution in [3.8, 4) is 11.5 Å². The van der Waals surface area contributed by atoms with Gasteiger partial charge in [-0.05, 0) is 36.6 Å². The first-order chi connectivity index (χ1) is 14.3. The van der Waals surface area contributed by atoms with Gasteiger partial charge in [-0.25, -0.2) is 4.98 Å². The first-order valence-corrected chi connectivity index (χ1v) is 10.7. The zero-order valence-electron chi connectivity index (χ0n) is 15.7. The molecule has 1 aromatic carbocycles. The molecule has 1 amide bonds. The number of nitrogens with zero attached hydrogens (tertiary/aromatic N) is 2. The number of carbonyl (C=O) groups is 1. The second-order valence-corrected chi connectivity index (χ2v) is 8.32. The summed E-state index contributed by atoms with van der Waals surface area (Å²) in [6.45, 7) is 1.62. The summed E-state index contributed by atoms with van der Waals surface area (Å²) in [5.74, 6) is 1.29. The minimum Gasteiger partial charge on any atom is -0.486 e. The van der Waals surface area contributed by atoms with Crippen LogP contribution in [-0.4, -0.2) is 41.3 Å². The Morgan fingerprint density at radius 3 is 2.73 bits per heavy atom. The Morgan fingerprint density at radius 2 is 2.00 bits per heavy atom. The van der Waals surface area contributed by atoms with Gasteiger partial charge in [0, 0.05) is 12.7 Å². The van der Waals surface area contributed by atoms with E-state index in [1.165, 1.54) is 0 Å². The Labute approximate surface area is 180 Å². The van der Waals surface area contributed by atoms with Crippen LogP contribution in [0, 0.1) is 0 Å². The molecule has 30 heavy (non-hydrogen) atoms. The lowest BCUT2D eigenvalue weighted by atomic mass is 10.0. The highest BCUT2D eigenvalue weighted by molar-refractivity contribution is 8.00.